The molecule has 0 saturated carbocycles. The zero-order chi connectivity index (χ0) is 16.3. The predicted octanol–water partition coefficient (Wildman–Crippen LogP) is 2.22. The van der Waals surface area contributed by atoms with Gasteiger partial charge in [0, 0.05) is 31.3 Å². The smallest absolute Gasteiger partial charge is 0.270 e. The van der Waals surface area contributed by atoms with Crippen molar-refractivity contribution in [2.75, 3.05) is 20.2 Å². The number of hydrogen-bond acceptors (Lipinski definition) is 5. The van der Waals surface area contributed by atoms with Gasteiger partial charge in [-0.15, -0.1) is 12.4 Å². The highest BCUT2D eigenvalue weighted by Gasteiger charge is 2.28. The molecule has 0 aliphatic carbocycles. The second-order valence-electron chi connectivity index (χ2n) is 5.63. The molecule has 1 heterocycles. The van der Waals surface area contributed by atoms with Gasteiger partial charge in [0.05, 0.1) is 17.6 Å². The van der Waals surface area contributed by atoms with E-state index in [1.807, 2.05) is 6.92 Å². The number of carbonyl (C=O) groups excluding carboxylic acids is 1. The average Bonchev–Trinajstić information content (AvgIpc) is 2.53. The Balaban J connectivity index is 0.00000264. The number of piperidine rings is 1. The molecule has 0 spiro atoms. The van der Waals surface area contributed by atoms with Crippen LogP contribution in [-0.2, 0) is 0 Å². The third kappa shape index (κ3) is 4.33. The van der Waals surface area contributed by atoms with E-state index in [1.54, 1.807) is 4.90 Å². The van der Waals surface area contributed by atoms with Crippen molar-refractivity contribution >= 4 is 24.0 Å². The van der Waals surface area contributed by atoms with Crippen molar-refractivity contribution in [2.24, 2.45) is 11.7 Å². The maximum Gasteiger partial charge on any atom is 0.270 e. The van der Waals surface area contributed by atoms with Crippen molar-refractivity contribution in [3.8, 4) is 5.75 Å². The number of non-ortho nitro benzene ring substituents is 1. The molecule has 1 unspecified atom stereocenters. The summed E-state index contributed by atoms with van der Waals surface area (Å²) in [6, 6.07) is 4.18. The van der Waals surface area contributed by atoms with E-state index in [0.717, 1.165) is 12.8 Å². The summed E-state index contributed by atoms with van der Waals surface area (Å²) in [7, 11) is 1.44. The van der Waals surface area contributed by atoms with E-state index < -0.39 is 4.92 Å². The average molecular weight is 344 g/mol. The number of rotatable bonds is 4. The highest BCUT2D eigenvalue weighted by molar-refractivity contribution is 5.97. The summed E-state index contributed by atoms with van der Waals surface area (Å²) in [5.74, 6) is 0.532. The van der Waals surface area contributed by atoms with Crippen molar-refractivity contribution in [1.82, 2.24) is 4.90 Å². The van der Waals surface area contributed by atoms with E-state index in [4.69, 9.17) is 10.5 Å². The molecule has 1 aliphatic rings. The van der Waals surface area contributed by atoms with Crippen molar-refractivity contribution in [1.29, 1.82) is 0 Å². The molecular formula is C15H22ClN3O4. The lowest BCUT2D eigenvalue weighted by Gasteiger charge is -2.33. The molecule has 1 saturated heterocycles. The number of nitro benzene ring substituents is 1. The Morgan fingerprint density at radius 2 is 2.04 bits per heavy atom. The topological polar surface area (TPSA) is 98.7 Å². The second-order valence-corrected chi connectivity index (χ2v) is 5.63. The van der Waals surface area contributed by atoms with E-state index in [9.17, 15) is 14.9 Å². The van der Waals surface area contributed by atoms with Crippen LogP contribution in [0.5, 0.6) is 5.75 Å². The van der Waals surface area contributed by atoms with Crippen LogP contribution in [0.4, 0.5) is 5.69 Å². The van der Waals surface area contributed by atoms with Crippen molar-refractivity contribution < 1.29 is 14.5 Å². The third-order valence-corrected chi connectivity index (χ3v) is 4.19. The van der Waals surface area contributed by atoms with E-state index in [2.05, 4.69) is 0 Å². The third-order valence-electron chi connectivity index (χ3n) is 4.19. The minimum atomic E-state index is -0.515. The Bertz CT molecular complexity index is 572. The molecule has 1 amide bonds. The lowest BCUT2D eigenvalue weighted by Crippen LogP contribution is -2.42. The van der Waals surface area contributed by atoms with Gasteiger partial charge in [0.25, 0.3) is 11.6 Å². The zero-order valence-corrected chi connectivity index (χ0v) is 14.0. The monoisotopic (exact) mass is 343 g/mol. The Labute approximate surface area is 141 Å². The number of amides is 1. The van der Waals surface area contributed by atoms with Gasteiger partial charge in [-0.05, 0) is 31.7 Å². The minimum absolute atomic E-state index is 0. The summed E-state index contributed by atoms with van der Waals surface area (Å²) in [4.78, 5) is 24.7. The molecule has 0 aromatic heterocycles. The van der Waals surface area contributed by atoms with Gasteiger partial charge in [-0.1, -0.05) is 0 Å². The standard InChI is InChI=1S/C15H21N3O4.ClH/c1-10(16)11-5-7-17(8-6-11)15(19)13-9-12(18(20)21)3-4-14(13)22-2;/h3-4,9-11H,5-8,16H2,1-2H3;1H. The molecule has 7 nitrogen and oxygen atoms in total. The lowest BCUT2D eigenvalue weighted by atomic mass is 9.90. The second kappa shape index (κ2) is 8.12. The van der Waals surface area contributed by atoms with Crippen molar-refractivity contribution in [3.63, 3.8) is 0 Å². The Hall–Kier alpha value is -1.86. The summed E-state index contributed by atoms with van der Waals surface area (Å²) in [6.45, 7) is 3.19. The first-order valence-corrected chi connectivity index (χ1v) is 7.31. The van der Waals surface area contributed by atoms with Crippen molar-refractivity contribution in [3.05, 3.63) is 33.9 Å². The molecule has 1 aromatic carbocycles. The van der Waals surface area contributed by atoms with Crippen LogP contribution >= 0.6 is 12.4 Å². The van der Waals surface area contributed by atoms with Gasteiger partial charge in [-0.3, -0.25) is 14.9 Å². The highest BCUT2D eigenvalue weighted by atomic mass is 35.5. The zero-order valence-electron chi connectivity index (χ0n) is 13.2. The van der Waals surface area contributed by atoms with Gasteiger partial charge in [0.1, 0.15) is 5.75 Å². The molecule has 2 rings (SSSR count). The number of halogens is 1. The first kappa shape index (κ1) is 19.2. The molecule has 1 aromatic rings. The number of benzene rings is 1. The fourth-order valence-corrected chi connectivity index (χ4v) is 2.78. The van der Waals surface area contributed by atoms with Gasteiger partial charge >= 0.3 is 0 Å². The first-order chi connectivity index (χ1) is 10.4. The van der Waals surface area contributed by atoms with Crippen LogP contribution < -0.4 is 10.5 Å². The molecule has 0 bridgehead atoms. The fraction of sp³-hybridized carbons (Fsp3) is 0.533. The molecule has 1 fully saturated rings. The Morgan fingerprint density at radius 3 is 2.52 bits per heavy atom. The minimum Gasteiger partial charge on any atom is -0.496 e. The van der Waals surface area contributed by atoms with Crippen LogP contribution in [0.3, 0.4) is 0 Å². The van der Waals surface area contributed by atoms with E-state index in [1.165, 1.54) is 25.3 Å². The van der Waals surface area contributed by atoms with Crippen LogP contribution in [0.15, 0.2) is 18.2 Å². The Kier molecular flexibility index (Phi) is 6.78. The van der Waals surface area contributed by atoms with Crippen LogP contribution in [0.25, 0.3) is 0 Å². The van der Waals surface area contributed by atoms with E-state index >= 15 is 0 Å². The molecule has 1 aliphatic heterocycles. The molecule has 128 valence electrons. The molecule has 0 radical (unpaired) electrons. The summed E-state index contributed by atoms with van der Waals surface area (Å²) < 4.78 is 5.16. The first-order valence-electron chi connectivity index (χ1n) is 7.31. The molecule has 2 N–H and O–H groups in total. The SMILES string of the molecule is COc1ccc([N+](=O)[O-])cc1C(=O)N1CCC(C(C)N)CC1.Cl. The summed E-state index contributed by atoms with van der Waals surface area (Å²) in [5.41, 5.74) is 6.02. The number of nitrogens with two attached hydrogens (primary N) is 1. The van der Waals surface area contributed by atoms with Crippen LogP contribution in [0, 0.1) is 16.0 Å². The van der Waals surface area contributed by atoms with Crippen LogP contribution in [0.2, 0.25) is 0 Å². The normalized spacial score (nSPS) is 16.4. The van der Waals surface area contributed by atoms with Crippen LogP contribution in [0.1, 0.15) is 30.1 Å². The summed E-state index contributed by atoms with van der Waals surface area (Å²) >= 11 is 0. The number of methoxy groups -OCH3 is 1. The van der Waals surface area contributed by atoms with Gasteiger partial charge in [-0.2, -0.15) is 0 Å². The van der Waals surface area contributed by atoms with Gasteiger partial charge in [-0.25, -0.2) is 0 Å². The van der Waals surface area contributed by atoms with Gasteiger partial charge in [0.2, 0.25) is 0 Å². The number of nitro groups is 1. The fourth-order valence-electron chi connectivity index (χ4n) is 2.78. The van der Waals surface area contributed by atoms with Crippen molar-refractivity contribution in [2.45, 2.75) is 25.8 Å². The van der Waals surface area contributed by atoms with E-state index in [0.29, 0.717) is 24.8 Å². The van der Waals surface area contributed by atoms with Gasteiger partial charge in [0.15, 0.2) is 0 Å². The van der Waals surface area contributed by atoms with E-state index in [-0.39, 0.29) is 35.6 Å². The number of ether oxygens (including phenoxy) is 1. The number of likely N-dealkylation sites (tertiary alicyclic amines) is 1. The maximum atomic E-state index is 12.6. The van der Waals surface area contributed by atoms with Crippen LogP contribution in [-0.4, -0.2) is 42.0 Å². The largest absolute Gasteiger partial charge is 0.496 e. The number of nitrogens with zero attached hydrogens (tertiary/aromatic N) is 2. The summed E-state index contributed by atoms with van der Waals surface area (Å²) in [6.07, 6.45) is 1.70. The molecule has 8 heteroatoms. The lowest BCUT2D eigenvalue weighted by molar-refractivity contribution is -0.384. The number of hydrogen-bond donors (Lipinski definition) is 1. The predicted molar refractivity (Wildman–Crippen MR) is 89.2 cm³/mol. The Morgan fingerprint density at radius 1 is 1.43 bits per heavy atom. The van der Waals surface area contributed by atoms with Gasteiger partial charge < -0.3 is 15.4 Å². The summed E-state index contributed by atoms with van der Waals surface area (Å²) in [5, 5.41) is 10.9. The number of carbonyl (C=O) groups is 1. The maximum absolute atomic E-state index is 12.6. The molecule has 23 heavy (non-hydrogen) atoms. The quantitative estimate of drug-likeness (QED) is 0.667. The highest BCUT2D eigenvalue weighted by Crippen LogP contribution is 2.27. The molecule has 1 atom stereocenters. The molecular weight excluding hydrogens is 322 g/mol.